The minimum absolute atomic E-state index is 0.307. The third-order valence-corrected chi connectivity index (χ3v) is 9.53. The Labute approximate surface area is 197 Å². The van der Waals surface area contributed by atoms with Crippen molar-refractivity contribution in [3.05, 3.63) is 16.5 Å². The summed E-state index contributed by atoms with van der Waals surface area (Å²) in [7, 11) is 0. The van der Waals surface area contributed by atoms with E-state index in [1.54, 1.807) is 0 Å². The van der Waals surface area contributed by atoms with Crippen LogP contribution < -0.4 is 10.2 Å². The molecule has 4 atom stereocenters. The van der Waals surface area contributed by atoms with E-state index < -0.39 is 0 Å². The highest BCUT2D eigenvalue weighted by molar-refractivity contribution is 6.28. The van der Waals surface area contributed by atoms with E-state index >= 15 is 0 Å². The monoisotopic (exact) mass is 456 g/mol. The number of aryl methyl sites for hydroxylation is 1. The molecule has 0 bridgehead atoms. The molecule has 3 saturated carbocycles. The van der Waals surface area contributed by atoms with E-state index in [2.05, 4.69) is 27.1 Å². The normalized spacial score (nSPS) is 33.2. The molecule has 1 amide bonds. The van der Waals surface area contributed by atoms with Crippen LogP contribution in [0.5, 0.6) is 0 Å². The van der Waals surface area contributed by atoms with Crippen LogP contribution in [0, 0.1) is 29.1 Å². The lowest BCUT2D eigenvalue weighted by molar-refractivity contribution is -0.123. The van der Waals surface area contributed by atoms with Gasteiger partial charge in [-0.05, 0) is 106 Å². The Kier molecular flexibility index (Phi) is 5.39. The molecule has 1 aromatic heterocycles. The van der Waals surface area contributed by atoms with Gasteiger partial charge in [-0.15, -0.1) is 0 Å². The van der Waals surface area contributed by atoms with E-state index in [1.807, 2.05) is 0 Å². The van der Waals surface area contributed by atoms with Gasteiger partial charge < -0.3 is 10.2 Å². The SMILES string of the molecule is CC1CCc2nc(Cl)nc(N3CC4(CCC(NC(=O)CC5CCC6CC6C5)CC4)C3)c2C1. The maximum Gasteiger partial charge on any atom is 0.224 e. The molecule has 1 spiro atoms. The van der Waals surface area contributed by atoms with Crippen LogP contribution >= 0.6 is 11.6 Å². The zero-order valence-corrected chi connectivity index (χ0v) is 20.2. The molecule has 1 saturated heterocycles. The Morgan fingerprint density at radius 3 is 2.69 bits per heavy atom. The molecule has 0 radical (unpaired) electrons. The number of nitrogens with zero attached hydrogens (tertiary/aromatic N) is 3. The van der Waals surface area contributed by atoms with Gasteiger partial charge in [0.05, 0.1) is 5.69 Å². The first-order valence-corrected chi connectivity index (χ1v) is 13.4. The number of aromatic nitrogens is 2. The summed E-state index contributed by atoms with van der Waals surface area (Å²) in [6.45, 7) is 4.48. The molecule has 174 valence electrons. The second-order valence-electron chi connectivity index (χ2n) is 11.9. The molecule has 1 N–H and O–H groups in total. The molecule has 4 unspecified atom stereocenters. The number of hydrogen-bond donors (Lipinski definition) is 1. The van der Waals surface area contributed by atoms with E-state index in [9.17, 15) is 4.79 Å². The van der Waals surface area contributed by atoms with Gasteiger partial charge in [-0.2, -0.15) is 0 Å². The third kappa shape index (κ3) is 4.15. The molecule has 1 aliphatic heterocycles. The van der Waals surface area contributed by atoms with Crippen LogP contribution in [0.25, 0.3) is 0 Å². The van der Waals surface area contributed by atoms with Gasteiger partial charge in [0.1, 0.15) is 5.82 Å². The highest BCUT2D eigenvalue weighted by Gasteiger charge is 2.47. The predicted octanol–water partition coefficient (Wildman–Crippen LogP) is 4.95. The minimum atomic E-state index is 0.307. The van der Waals surface area contributed by atoms with Crippen molar-refractivity contribution in [3.63, 3.8) is 0 Å². The fourth-order valence-corrected chi connectivity index (χ4v) is 7.47. The third-order valence-electron chi connectivity index (χ3n) is 9.36. The lowest BCUT2D eigenvalue weighted by atomic mass is 9.67. The van der Waals surface area contributed by atoms with E-state index in [4.69, 9.17) is 11.6 Å². The predicted molar refractivity (Wildman–Crippen MR) is 127 cm³/mol. The van der Waals surface area contributed by atoms with Crippen molar-refractivity contribution >= 4 is 23.3 Å². The van der Waals surface area contributed by atoms with E-state index in [-0.39, 0.29) is 0 Å². The van der Waals surface area contributed by atoms with Gasteiger partial charge >= 0.3 is 0 Å². The van der Waals surface area contributed by atoms with Crippen molar-refractivity contribution in [1.29, 1.82) is 0 Å². The fourth-order valence-electron chi connectivity index (χ4n) is 7.29. The number of nitrogens with one attached hydrogen (secondary N) is 1. The molecule has 32 heavy (non-hydrogen) atoms. The summed E-state index contributed by atoms with van der Waals surface area (Å²) in [5.74, 6) is 4.70. The number of carbonyl (C=O) groups is 1. The fraction of sp³-hybridized carbons (Fsp3) is 0.808. The topological polar surface area (TPSA) is 58.1 Å². The second-order valence-corrected chi connectivity index (χ2v) is 12.3. The van der Waals surface area contributed by atoms with Gasteiger partial charge in [-0.3, -0.25) is 4.79 Å². The molecule has 4 fully saturated rings. The summed E-state index contributed by atoms with van der Waals surface area (Å²) in [6.07, 6.45) is 14.1. The number of halogens is 1. The molecule has 1 aromatic rings. The first-order chi connectivity index (χ1) is 15.5. The number of rotatable bonds is 4. The van der Waals surface area contributed by atoms with Gasteiger partial charge in [0, 0.05) is 36.5 Å². The van der Waals surface area contributed by atoms with Crippen LogP contribution in [0.2, 0.25) is 5.28 Å². The highest BCUT2D eigenvalue weighted by atomic mass is 35.5. The van der Waals surface area contributed by atoms with Crippen molar-refractivity contribution in [2.24, 2.45) is 29.1 Å². The molecule has 6 heteroatoms. The largest absolute Gasteiger partial charge is 0.355 e. The molecule has 6 rings (SSSR count). The molecule has 5 aliphatic rings. The Hall–Kier alpha value is -1.36. The van der Waals surface area contributed by atoms with Crippen molar-refractivity contribution < 1.29 is 4.79 Å². The molecule has 5 nitrogen and oxygen atoms in total. The zero-order chi connectivity index (χ0) is 21.9. The molecular weight excluding hydrogens is 420 g/mol. The number of fused-ring (bicyclic) bond motifs is 2. The van der Waals surface area contributed by atoms with Crippen molar-refractivity contribution in [3.8, 4) is 0 Å². The maximum atomic E-state index is 12.6. The van der Waals surface area contributed by atoms with E-state index in [0.29, 0.717) is 34.5 Å². The smallest absolute Gasteiger partial charge is 0.224 e. The van der Waals surface area contributed by atoms with E-state index in [1.165, 1.54) is 56.2 Å². The van der Waals surface area contributed by atoms with Crippen LogP contribution in [-0.2, 0) is 17.6 Å². The molecular formula is C26H37ClN4O. The van der Waals surface area contributed by atoms with Crippen LogP contribution in [0.15, 0.2) is 0 Å². The number of anilines is 1. The Bertz CT molecular complexity index is 888. The average molecular weight is 457 g/mol. The summed E-state index contributed by atoms with van der Waals surface area (Å²) < 4.78 is 0. The lowest BCUT2D eigenvalue weighted by Crippen LogP contribution is -2.59. The summed E-state index contributed by atoms with van der Waals surface area (Å²) in [5, 5.41) is 3.79. The van der Waals surface area contributed by atoms with Crippen molar-refractivity contribution in [1.82, 2.24) is 15.3 Å². The summed E-state index contributed by atoms with van der Waals surface area (Å²) in [6, 6.07) is 0.376. The van der Waals surface area contributed by atoms with E-state index in [0.717, 1.165) is 62.8 Å². The van der Waals surface area contributed by atoms with Gasteiger partial charge in [0.15, 0.2) is 0 Å². The van der Waals surface area contributed by atoms with Crippen molar-refractivity contribution in [2.75, 3.05) is 18.0 Å². The Balaban J connectivity index is 1.01. The van der Waals surface area contributed by atoms with Crippen molar-refractivity contribution in [2.45, 2.75) is 90.0 Å². The highest BCUT2D eigenvalue weighted by Crippen LogP contribution is 2.52. The molecule has 4 aliphatic carbocycles. The summed E-state index contributed by atoms with van der Waals surface area (Å²) in [5.41, 5.74) is 2.90. The summed E-state index contributed by atoms with van der Waals surface area (Å²) >= 11 is 6.28. The number of hydrogen-bond acceptors (Lipinski definition) is 4. The molecule has 2 heterocycles. The lowest BCUT2D eigenvalue weighted by Gasteiger charge is -2.54. The quantitative estimate of drug-likeness (QED) is 0.651. The minimum Gasteiger partial charge on any atom is -0.355 e. The Morgan fingerprint density at radius 1 is 1.09 bits per heavy atom. The zero-order valence-electron chi connectivity index (χ0n) is 19.4. The first kappa shape index (κ1) is 21.2. The van der Waals surface area contributed by atoms with Crippen LogP contribution in [0.3, 0.4) is 0 Å². The average Bonchev–Trinajstić information content (AvgIpc) is 3.51. The van der Waals surface area contributed by atoms with Crippen LogP contribution in [-0.4, -0.2) is 35.0 Å². The van der Waals surface area contributed by atoms with Gasteiger partial charge in [0.2, 0.25) is 11.2 Å². The van der Waals surface area contributed by atoms with Crippen LogP contribution in [0.4, 0.5) is 5.82 Å². The van der Waals surface area contributed by atoms with Gasteiger partial charge in [-0.25, -0.2) is 9.97 Å². The standard InChI is InChI=1S/C26H37ClN4O/c1-16-2-5-22-21(10-16)24(30-25(27)29-22)31-14-26(15-31)8-6-20(7-9-26)28-23(32)12-17-3-4-18-13-19(18)11-17/h16-20H,2-15H2,1H3,(H,28,32). The maximum absolute atomic E-state index is 12.6. The second kappa shape index (κ2) is 8.14. The Morgan fingerprint density at radius 2 is 1.91 bits per heavy atom. The summed E-state index contributed by atoms with van der Waals surface area (Å²) in [4.78, 5) is 24.3. The van der Waals surface area contributed by atoms with Gasteiger partial charge in [0.25, 0.3) is 0 Å². The molecule has 0 aromatic carbocycles. The van der Waals surface area contributed by atoms with Crippen LogP contribution in [0.1, 0.15) is 82.4 Å². The first-order valence-electron chi connectivity index (χ1n) is 13.1. The number of amides is 1. The number of carbonyl (C=O) groups excluding carboxylic acids is 1. The van der Waals surface area contributed by atoms with Gasteiger partial charge in [-0.1, -0.05) is 6.92 Å².